The molecule has 3 aromatic rings. The van der Waals surface area contributed by atoms with E-state index in [-0.39, 0.29) is 16.6 Å². The molecule has 0 spiro atoms. The molecule has 0 fully saturated rings. The molecule has 0 aromatic carbocycles. The number of carbonyl (C=O) groups excluding carboxylic acids is 2. The third kappa shape index (κ3) is 4.17. The zero-order valence-electron chi connectivity index (χ0n) is 16.7. The molecule has 1 aliphatic rings. The minimum absolute atomic E-state index is 0.150. The van der Waals surface area contributed by atoms with Gasteiger partial charge < -0.3 is 0 Å². The van der Waals surface area contributed by atoms with Crippen LogP contribution in [-0.2, 0) is 11.2 Å². The number of aryl methyl sites for hydroxylation is 2. The number of hydrogen-bond donors (Lipinski definition) is 1. The second kappa shape index (κ2) is 8.14. The molecule has 0 saturated carbocycles. The van der Waals surface area contributed by atoms with E-state index in [1.807, 2.05) is 19.9 Å². The summed E-state index contributed by atoms with van der Waals surface area (Å²) in [6, 6.07) is 3.62. The minimum atomic E-state index is -5.05. The second-order valence-electron chi connectivity index (χ2n) is 7.15. The van der Waals surface area contributed by atoms with Crippen LogP contribution in [0.4, 0.5) is 24.1 Å². The highest BCUT2D eigenvalue weighted by molar-refractivity contribution is 7.18. The number of nitrogens with zero attached hydrogens (tertiary/aromatic N) is 4. The summed E-state index contributed by atoms with van der Waals surface area (Å²) in [6.07, 6.45) is -1.61. The van der Waals surface area contributed by atoms with Crippen LogP contribution in [0.1, 0.15) is 26.5 Å². The summed E-state index contributed by atoms with van der Waals surface area (Å²) in [5.74, 6) is -2.28. The van der Waals surface area contributed by atoms with Crippen LogP contribution in [0, 0.1) is 13.8 Å². The number of nitrogens with one attached hydrogen (secondary N) is 1. The van der Waals surface area contributed by atoms with Gasteiger partial charge in [0.25, 0.3) is 5.91 Å². The van der Waals surface area contributed by atoms with Gasteiger partial charge in [-0.25, -0.2) is 9.97 Å². The molecule has 0 radical (unpaired) electrons. The lowest BCUT2D eigenvalue weighted by molar-refractivity contribution is -0.167. The van der Waals surface area contributed by atoms with Gasteiger partial charge in [-0.3, -0.25) is 24.8 Å². The third-order valence-electron chi connectivity index (χ3n) is 4.77. The van der Waals surface area contributed by atoms with E-state index < -0.39 is 18.0 Å². The van der Waals surface area contributed by atoms with Crippen LogP contribution in [0.5, 0.6) is 0 Å². The summed E-state index contributed by atoms with van der Waals surface area (Å²) < 4.78 is 37.5. The molecule has 12 heteroatoms. The highest BCUT2D eigenvalue weighted by Crippen LogP contribution is 2.35. The number of rotatable bonds is 3. The zero-order valence-corrected chi connectivity index (χ0v) is 18.3. The highest BCUT2D eigenvalue weighted by atomic mass is 35.5. The van der Waals surface area contributed by atoms with Gasteiger partial charge in [0.1, 0.15) is 10.7 Å². The van der Waals surface area contributed by atoms with Crippen molar-refractivity contribution in [3.63, 3.8) is 0 Å². The van der Waals surface area contributed by atoms with Crippen molar-refractivity contribution in [2.75, 3.05) is 16.8 Å². The Labute approximate surface area is 189 Å². The molecule has 7 nitrogen and oxygen atoms in total. The first-order valence-electron chi connectivity index (χ1n) is 9.33. The van der Waals surface area contributed by atoms with Crippen LogP contribution in [-0.4, -0.2) is 39.5 Å². The molecule has 1 aliphatic heterocycles. The van der Waals surface area contributed by atoms with Gasteiger partial charge in [-0.15, -0.1) is 0 Å². The van der Waals surface area contributed by atoms with Crippen LogP contribution in [0.15, 0.2) is 24.5 Å². The predicted octanol–water partition coefficient (Wildman–Crippen LogP) is 4.57. The van der Waals surface area contributed by atoms with E-state index in [1.165, 1.54) is 11.1 Å². The summed E-state index contributed by atoms with van der Waals surface area (Å²) in [5, 5.41) is 1.78. The number of alkyl halides is 3. The van der Waals surface area contributed by atoms with Gasteiger partial charge in [0.2, 0.25) is 0 Å². The fourth-order valence-electron chi connectivity index (χ4n) is 3.32. The number of hydrogen-bond acceptors (Lipinski definition) is 6. The number of halogens is 4. The summed E-state index contributed by atoms with van der Waals surface area (Å²) >= 11 is 7.04. The molecule has 32 heavy (non-hydrogen) atoms. The van der Waals surface area contributed by atoms with E-state index in [9.17, 15) is 22.8 Å². The number of amides is 2. The van der Waals surface area contributed by atoms with Crippen LogP contribution < -0.4 is 10.2 Å². The Bertz CT molecular complexity index is 1240. The number of thiazole rings is 1. The van der Waals surface area contributed by atoms with Gasteiger partial charge in [0.05, 0.1) is 16.4 Å². The lowest BCUT2D eigenvalue weighted by Gasteiger charge is -2.25. The fraction of sp³-hybridized carbons (Fsp3) is 0.250. The number of fused-ring (bicyclic) bond motifs is 1. The van der Waals surface area contributed by atoms with Crippen LogP contribution in [0.2, 0.25) is 5.02 Å². The smallest absolute Gasteiger partial charge is 0.294 e. The summed E-state index contributed by atoms with van der Waals surface area (Å²) in [4.78, 5) is 38.4. The monoisotopic (exact) mass is 481 g/mol. The Morgan fingerprint density at radius 1 is 1.22 bits per heavy atom. The van der Waals surface area contributed by atoms with Gasteiger partial charge in [0, 0.05) is 30.9 Å². The van der Waals surface area contributed by atoms with Crippen molar-refractivity contribution in [3.8, 4) is 11.3 Å². The summed E-state index contributed by atoms with van der Waals surface area (Å²) in [7, 11) is 0. The quantitative estimate of drug-likeness (QED) is 0.592. The Balaban J connectivity index is 1.64. The third-order valence-corrected chi connectivity index (χ3v) is 6.08. The molecule has 2 amide bonds. The lowest BCUT2D eigenvalue weighted by Crippen LogP contribution is -2.37. The van der Waals surface area contributed by atoms with Gasteiger partial charge >= 0.3 is 12.1 Å². The minimum Gasteiger partial charge on any atom is -0.294 e. The van der Waals surface area contributed by atoms with Crippen LogP contribution in [0.25, 0.3) is 11.3 Å². The van der Waals surface area contributed by atoms with E-state index >= 15 is 0 Å². The molecule has 0 unspecified atom stereocenters. The Hall–Kier alpha value is -3.05. The fourth-order valence-corrected chi connectivity index (χ4v) is 4.47. The molecule has 4 rings (SSSR count). The van der Waals surface area contributed by atoms with E-state index in [4.69, 9.17) is 11.6 Å². The first-order chi connectivity index (χ1) is 15.0. The molecule has 0 saturated heterocycles. The summed E-state index contributed by atoms with van der Waals surface area (Å²) in [6.45, 7) is 4.04. The average Bonchev–Trinajstić information content (AvgIpc) is 3.12. The topological polar surface area (TPSA) is 88.1 Å². The average molecular weight is 482 g/mol. The zero-order chi connectivity index (χ0) is 23.2. The number of carbonyl (C=O) groups is 2. The van der Waals surface area contributed by atoms with E-state index in [0.717, 1.165) is 11.1 Å². The highest BCUT2D eigenvalue weighted by Gasteiger charge is 2.40. The van der Waals surface area contributed by atoms with E-state index in [1.54, 1.807) is 17.6 Å². The molecular weight excluding hydrogens is 467 g/mol. The Morgan fingerprint density at radius 2 is 1.97 bits per heavy atom. The molecule has 0 atom stereocenters. The predicted molar refractivity (Wildman–Crippen MR) is 114 cm³/mol. The van der Waals surface area contributed by atoms with Crippen molar-refractivity contribution >= 4 is 45.7 Å². The molecule has 1 N–H and O–H groups in total. The van der Waals surface area contributed by atoms with Crippen molar-refractivity contribution in [2.45, 2.75) is 26.4 Å². The number of aromatic nitrogens is 3. The van der Waals surface area contributed by atoms with Gasteiger partial charge in [0.15, 0.2) is 5.13 Å². The van der Waals surface area contributed by atoms with Crippen molar-refractivity contribution in [1.82, 2.24) is 15.0 Å². The molecule has 4 heterocycles. The van der Waals surface area contributed by atoms with Crippen molar-refractivity contribution < 1.29 is 22.8 Å². The van der Waals surface area contributed by atoms with Crippen molar-refractivity contribution in [2.24, 2.45) is 0 Å². The first-order valence-corrected chi connectivity index (χ1v) is 10.5. The molecule has 3 aromatic heterocycles. The second-order valence-corrected chi connectivity index (χ2v) is 8.56. The normalized spacial score (nSPS) is 13.8. The first kappa shape index (κ1) is 22.2. The van der Waals surface area contributed by atoms with Crippen molar-refractivity contribution in [1.29, 1.82) is 0 Å². The largest absolute Gasteiger partial charge is 0.471 e. The van der Waals surface area contributed by atoms with Crippen LogP contribution in [0.3, 0.4) is 0 Å². The molecule has 0 aliphatic carbocycles. The van der Waals surface area contributed by atoms with Gasteiger partial charge in [-0.05, 0) is 31.0 Å². The lowest BCUT2D eigenvalue weighted by atomic mass is 10.1. The number of pyridine rings is 2. The van der Waals surface area contributed by atoms with E-state index in [2.05, 4.69) is 15.0 Å². The maximum atomic E-state index is 13.0. The standard InChI is InChI=1S/C20H15ClF3N5O2S/c1-9-5-10(2)15(26-7-9)11-6-14(25-8-12(11)21)29-4-3-13-16(17(29)30)32-19(27-13)28-18(31)20(22,23)24/h5-8H,3-4H2,1-2H3,(H,27,28,31). The van der Waals surface area contributed by atoms with E-state index in [0.29, 0.717) is 45.5 Å². The maximum Gasteiger partial charge on any atom is 0.471 e. The van der Waals surface area contributed by atoms with Gasteiger partial charge in [-0.2, -0.15) is 13.2 Å². The molecular formula is C20H15ClF3N5O2S. The molecule has 0 bridgehead atoms. The Morgan fingerprint density at radius 3 is 2.66 bits per heavy atom. The van der Waals surface area contributed by atoms with Gasteiger partial charge in [-0.1, -0.05) is 29.0 Å². The SMILES string of the molecule is Cc1cnc(-c2cc(N3CCc4nc(NC(=O)C(F)(F)F)sc4C3=O)ncc2Cl)c(C)c1. The van der Waals surface area contributed by atoms with Crippen molar-refractivity contribution in [3.05, 3.63) is 51.2 Å². The Kier molecular flexibility index (Phi) is 5.63. The maximum absolute atomic E-state index is 13.0. The number of anilines is 2. The van der Waals surface area contributed by atoms with Crippen LogP contribution >= 0.6 is 22.9 Å². The molecule has 166 valence electrons. The summed E-state index contributed by atoms with van der Waals surface area (Å²) in [5.41, 5.74) is 3.50.